The van der Waals surface area contributed by atoms with Crippen molar-refractivity contribution in [1.29, 1.82) is 0 Å². The monoisotopic (exact) mass is 809 g/mol. The number of rotatable bonds is 10. The summed E-state index contributed by atoms with van der Waals surface area (Å²) in [5, 5.41) is 13.1. The molecule has 2 aliphatic heterocycles. The number of imide groups is 1. The minimum absolute atomic E-state index is 0.0653. The Balaban J connectivity index is 0.925. The molecular formula is C38H43F4N11O5. The van der Waals surface area contributed by atoms with Crippen molar-refractivity contribution < 1.29 is 36.7 Å². The van der Waals surface area contributed by atoms with Crippen LogP contribution in [-0.2, 0) is 16.6 Å². The average molecular weight is 810 g/mol. The first-order valence-electron chi connectivity index (χ1n) is 19.2. The van der Waals surface area contributed by atoms with Crippen molar-refractivity contribution in [3.63, 3.8) is 0 Å². The first kappa shape index (κ1) is 39.1. The van der Waals surface area contributed by atoms with Crippen LogP contribution in [0, 0.1) is 5.92 Å². The smallest absolute Gasteiger partial charge is 0.329 e. The van der Waals surface area contributed by atoms with Gasteiger partial charge in [0.05, 0.1) is 48.7 Å². The fraction of sp³-hybridized carbons (Fsp3) is 0.500. The number of methoxy groups -OCH3 is 1. The minimum Gasteiger partial charge on any atom is -0.494 e. The molecule has 0 bridgehead atoms. The predicted octanol–water partition coefficient (Wildman–Crippen LogP) is 4.33. The number of aryl methyl sites for hydroxylation is 1. The number of imidazole rings is 1. The van der Waals surface area contributed by atoms with Gasteiger partial charge in [-0.2, -0.15) is 10.2 Å². The molecule has 1 aliphatic carbocycles. The minimum atomic E-state index is -3.16. The third-order valence-electron chi connectivity index (χ3n) is 11.8. The van der Waals surface area contributed by atoms with Crippen LogP contribution in [-0.4, -0.2) is 102 Å². The van der Waals surface area contributed by atoms with Crippen LogP contribution in [0.15, 0.2) is 47.8 Å². The lowest BCUT2D eigenvalue weighted by Gasteiger charge is -2.44. The van der Waals surface area contributed by atoms with Gasteiger partial charge in [0.1, 0.15) is 23.0 Å². The maximum absolute atomic E-state index is 16.3. The van der Waals surface area contributed by atoms with Gasteiger partial charge in [0.2, 0.25) is 11.8 Å². The molecule has 1 unspecified atom stereocenters. The highest BCUT2D eigenvalue weighted by atomic mass is 19.3. The summed E-state index contributed by atoms with van der Waals surface area (Å²) in [6.45, 7) is 0.00921. The zero-order chi connectivity index (χ0) is 41.0. The molecule has 1 saturated carbocycles. The number of aromatic nitrogens is 7. The summed E-state index contributed by atoms with van der Waals surface area (Å²) in [6, 6.07) is 2.65. The molecule has 58 heavy (non-hydrogen) atoms. The van der Waals surface area contributed by atoms with Crippen LogP contribution in [0.4, 0.5) is 28.9 Å². The number of benzene rings is 1. The largest absolute Gasteiger partial charge is 0.494 e. The van der Waals surface area contributed by atoms with E-state index in [1.807, 2.05) is 0 Å². The summed E-state index contributed by atoms with van der Waals surface area (Å²) in [5.74, 6) is -4.43. The van der Waals surface area contributed by atoms with Crippen molar-refractivity contribution in [2.24, 2.45) is 13.0 Å². The van der Waals surface area contributed by atoms with Crippen molar-refractivity contribution >= 4 is 45.8 Å². The fourth-order valence-corrected chi connectivity index (χ4v) is 8.95. The number of fused-ring (bicyclic) bond motifs is 2. The maximum Gasteiger partial charge on any atom is 0.329 e. The summed E-state index contributed by atoms with van der Waals surface area (Å²) < 4.78 is 71.8. The van der Waals surface area contributed by atoms with E-state index in [1.165, 1.54) is 56.0 Å². The zero-order valence-corrected chi connectivity index (χ0v) is 32.1. The lowest BCUT2D eigenvalue weighted by Crippen LogP contribution is -2.58. The van der Waals surface area contributed by atoms with E-state index in [9.17, 15) is 28.0 Å². The van der Waals surface area contributed by atoms with E-state index < -0.39 is 60.1 Å². The number of carbonyl (C=O) groups excluding carboxylic acids is 3. The van der Waals surface area contributed by atoms with Crippen LogP contribution in [0.3, 0.4) is 0 Å². The quantitative estimate of drug-likeness (QED) is 0.153. The molecule has 2 N–H and O–H groups in total. The van der Waals surface area contributed by atoms with Gasteiger partial charge in [-0.3, -0.25) is 38.4 Å². The molecule has 2 atom stereocenters. The van der Waals surface area contributed by atoms with Gasteiger partial charge in [-0.25, -0.2) is 31.9 Å². The molecule has 5 aromatic rings. The van der Waals surface area contributed by atoms with Gasteiger partial charge >= 0.3 is 5.69 Å². The lowest BCUT2D eigenvalue weighted by atomic mass is 9.85. The molecule has 3 amide bonds. The Morgan fingerprint density at radius 3 is 2.60 bits per heavy atom. The normalized spacial score (nSPS) is 22.6. The highest BCUT2D eigenvalue weighted by Crippen LogP contribution is 2.43. The molecule has 0 radical (unpaired) electrons. The van der Waals surface area contributed by atoms with Gasteiger partial charge in [0, 0.05) is 45.1 Å². The molecule has 2 saturated heterocycles. The zero-order valence-electron chi connectivity index (χ0n) is 32.1. The number of halogens is 4. The SMILES string of the molecule is COc1ccc2c(c1N1CC[C@@H](N(C)CC3CCC(n4cc(NC(=O)c5cnn6cccnc56)c(C(F)F)n4)CC3)C(F)(F)C1)n(C)c(=O)n2C1CCC(=O)NC1=O. The lowest BCUT2D eigenvalue weighted by molar-refractivity contribution is -0.135. The van der Waals surface area contributed by atoms with Gasteiger partial charge in [0.25, 0.3) is 18.3 Å². The van der Waals surface area contributed by atoms with Crippen LogP contribution < -0.4 is 26.0 Å². The third-order valence-corrected chi connectivity index (χ3v) is 11.8. The summed E-state index contributed by atoms with van der Waals surface area (Å²) in [4.78, 5) is 58.6. The van der Waals surface area contributed by atoms with Gasteiger partial charge in [-0.15, -0.1) is 0 Å². The Morgan fingerprint density at radius 1 is 1.12 bits per heavy atom. The highest BCUT2D eigenvalue weighted by Gasteiger charge is 2.48. The molecule has 3 fully saturated rings. The van der Waals surface area contributed by atoms with Gasteiger partial charge < -0.3 is 15.0 Å². The van der Waals surface area contributed by atoms with Crippen LogP contribution in [0.5, 0.6) is 5.75 Å². The van der Waals surface area contributed by atoms with Crippen LogP contribution >= 0.6 is 0 Å². The van der Waals surface area contributed by atoms with E-state index >= 15 is 8.78 Å². The number of piperidine rings is 2. The number of ether oxygens (including phenoxy) is 1. The second-order valence-corrected chi connectivity index (χ2v) is 15.4. The van der Waals surface area contributed by atoms with E-state index in [1.54, 1.807) is 36.3 Å². The number of nitrogens with one attached hydrogen (secondary N) is 2. The van der Waals surface area contributed by atoms with Crippen molar-refractivity contribution in [2.75, 3.05) is 44.0 Å². The summed E-state index contributed by atoms with van der Waals surface area (Å²) in [6.07, 6.45) is 5.73. The number of alkyl halides is 4. The van der Waals surface area contributed by atoms with Crippen LogP contribution in [0.2, 0.25) is 0 Å². The third kappa shape index (κ3) is 6.96. The van der Waals surface area contributed by atoms with E-state index in [0.717, 1.165) is 0 Å². The Labute approximate surface area is 328 Å². The van der Waals surface area contributed by atoms with Gasteiger partial charge in [-0.05, 0) is 69.7 Å². The molecule has 16 nitrogen and oxygen atoms in total. The summed E-state index contributed by atoms with van der Waals surface area (Å²) >= 11 is 0. The second-order valence-electron chi connectivity index (χ2n) is 15.4. The molecular weight excluding hydrogens is 766 g/mol. The average Bonchev–Trinajstić information content (AvgIpc) is 3.89. The first-order valence-corrected chi connectivity index (χ1v) is 19.2. The second kappa shape index (κ2) is 15.2. The Bertz CT molecular complexity index is 2450. The maximum atomic E-state index is 16.3. The number of carbonyl (C=O) groups is 3. The van der Waals surface area contributed by atoms with E-state index in [2.05, 4.69) is 25.8 Å². The van der Waals surface area contributed by atoms with E-state index in [4.69, 9.17) is 4.74 Å². The molecule has 4 aromatic heterocycles. The van der Waals surface area contributed by atoms with Crippen LogP contribution in [0.25, 0.3) is 16.7 Å². The highest BCUT2D eigenvalue weighted by molar-refractivity contribution is 6.08. The molecule has 20 heteroatoms. The van der Waals surface area contributed by atoms with Crippen LogP contribution in [0.1, 0.15) is 79.5 Å². The summed E-state index contributed by atoms with van der Waals surface area (Å²) in [5.41, 5.74) is 0.298. The molecule has 6 heterocycles. The van der Waals surface area contributed by atoms with Gasteiger partial charge in [-0.1, -0.05) is 0 Å². The number of amides is 3. The number of nitrogens with zero attached hydrogens (tertiary/aromatic N) is 9. The topological polar surface area (TPSA) is 166 Å². The van der Waals surface area contributed by atoms with E-state index in [-0.39, 0.29) is 54.7 Å². The Morgan fingerprint density at radius 2 is 1.90 bits per heavy atom. The number of hydrogen-bond donors (Lipinski definition) is 2. The van der Waals surface area contributed by atoms with Gasteiger partial charge in [0.15, 0.2) is 11.3 Å². The standard InChI is InChI=1S/C38H43F4N11O5/c1-48(18-21-5-7-22(8-6-21)52-19-24(30(47-52)33(39)40)45-35(55)23-17-44-51-15-4-14-43-34(23)51)28-13-16-50(20-38(28,41)42)32-27(58-3)11-9-25-31(32)49(2)37(57)53(25)26-10-12-29(54)46-36(26)56/h4,9,11,14-15,17,19,21-22,26,28,33H,5-8,10,12-13,16,18,20H2,1-3H3,(H,45,55)(H,46,54,56)/t21?,22?,26?,28-/m1/s1. The fourth-order valence-electron chi connectivity index (χ4n) is 8.95. The number of hydrogen-bond acceptors (Lipinski definition) is 10. The molecule has 1 aromatic carbocycles. The van der Waals surface area contributed by atoms with Crippen molar-refractivity contribution in [2.45, 2.75) is 75.4 Å². The predicted molar refractivity (Wildman–Crippen MR) is 202 cm³/mol. The van der Waals surface area contributed by atoms with Crippen molar-refractivity contribution in [3.05, 3.63) is 64.7 Å². The van der Waals surface area contributed by atoms with Crippen molar-refractivity contribution in [1.82, 2.24) is 43.7 Å². The summed E-state index contributed by atoms with van der Waals surface area (Å²) in [7, 11) is 4.64. The Kier molecular flexibility index (Phi) is 10.2. The number of anilines is 2. The first-order chi connectivity index (χ1) is 27.7. The molecule has 8 rings (SSSR count). The van der Waals surface area contributed by atoms with Crippen molar-refractivity contribution in [3.8, 4) is 5.75 Å². The molecule has 3 aliphatic rings. The molecule has 0 spiro atoms. The Hall–Kier alpha value is -5.79. The van der Waals surface area contributed by atoms with E-state index in [0.29, 0.717) is 54.7 Å². The molecule has 308 valence electrons.